The van der Waals surface area contributed by atoms with Crippen molar-refractivity contribution in [2.24, 2.45) is 0 Å². The van der Waals surface area contributed by atoms with E-state index in [0.29, 0.717) is 0 Å². The third-order valence-electron chi connectivity index (χ3n) is 3.00. The maximum absolute atomic E-state index is 5.45. The smallest absolute Gasteiger partial charge is 0.122 e. The zero-order valence-electron chi connectivity index (χ0n) is 12.5. The molecule has 0 aliphatic carbocycles. The van der Waals surface area contributed by atoms with Crippen LogP contribution in [0.3, 0.4) is 0 Å². The van der Waals surface area contributed by atoms with Gasteiger partial charge >= 0.3 is 0 Å². The molecule has 0 spiro atoms. The maximum Gasteiger partial charge on any atom is 0.122 e. The molecular weight excluding hydrogens is 254 g/mol. The Bertz CT molecular complexity index is 355. The molecule has 0 fully saturated rings. The van der Waals surface area contributed by atoms with Gasteiger partial charge in [-0.2, -0.15) is 11.8 Å². The summed E-state index contributed by atoms with van der Waals surface area (Å²) >= 11 is 2.00. The topological polar surface area (TPSA) is 21.3 Å². The first kappa shape index (κ1) is 16.4. The van der Waals surface area contributed by atoms with Gasteiger partial charge in [0.1, 0.15) is 5.75 Å². The number of rotatable bonds is 10. The van der Waals surface area contributed by atoms with Crippen molar-refractivity contribution < 1.29 is 4.74 Å². The van der Waals surface area contributed by atoms with E-state index in [1.165, 1.54) is 36.1 Å². The molecule has 0 aromatic heterocycles. The number of hydrogen-bond donors (Lipinski definition) is 1. The second-order valence-electron chi connectivity index (χ2n) is 4.73. The molecule has 1 aromatic rings. The normalized spacial score (nSPS) is 10.7. The lowest BCUT2D eigenvalue weighted by molar-refractivity contribution is 0.411. The number of methoxy groups -OCH3 is 1. The summed E-state index contributed by atoms with van der Waals surface area (Å²) in [7, 11) is 1.75. The standard InChI is InChI=1S/C16H27NOS/c1-4-6-10-19-13-15-11-14(12-17-9-5-2)7-8-16(15)18-3/h7-8,11,17H,4-6,9-10,12-13H2,1-3H3. The Balaban J connectivity index is 2.56. The van der Waals surface area contributed by atoms with E-state index in [-0.39, 0.29) is 0 Å². The van der Waals surface area contributed by atoms with E-state index in [1.54, 1.807) is 7.11 Å². The molecule has 0 radical (unpaired) electrons. The largest absolute Gasteiger partial charge is 0.496 e. The summed E-state index contributed by atoms with van der Waals surface area (Å²) in [5.41, 5.74) is 2.67. The highest BCUT2D eigenvalue weighted by molar-refractivity contribution is 7.98. The van der Waals surface area contributed by atoms with E-state index < -0.39 is 0 Å². The van der Waals surface area contributed by atoms with E-state index >= 15 is 0 Å². The Hall–Kier alpha value is -0.670. The highest BCUT2D eigenvalue weighted by Crippen LogP contribution is 2.25. The minimum absolute atomic E-state index is 0.949. The van der Waals surface area contributed by atoms with Crippen LogP contribution in [-0.2, 0) is 12.3 Å². The molecule has 0 unspecified atom stereocenters. The summed E-state index contributed by atoms with van der Waals surface area (Å²) in [4.78, 5) is 0. The van der Waals surface area contributed by atoms with Crippen LogP contribution >= 0.6 is 11.8 Å². The molecule has 1 rings (SSSR count). The van der Waals surface area contributed by atoms with Crippen LogP contribution in [0.4, 0.5) is 0 Å². The molecule has 0 amide bonds. The Morgan fingerprint density at radius 1 is 1.21 bits per heavy atom. The second kappa shape index (κ2) is 10.2. The monoisotopic (exact) mass is 281 g/mol. The Morgan fingerprint density at radius 2 is 2.05 bits per heavy atom. The van der Waals surface area contributed by atoms with Crippen molar-refractivity contribution in [2.45, 2.75) is 45.4 Å². The van der Waals surface area contributed by atoms with Crippen molar-refractivity contribution in [1.82, 2.24) is 5.32 Å². The molecule has 3 heteroatoms. The molecule has 0 bridgehead atoms. The van der Waals surface area contributed by atoms with Crippen LogP contribution in [0, 0.1) is 0 Å². The summed E-state index contributed by atoms with van der Waals surface area (Å²) < 4.78 is 5.45. The second-order valence-corrected chi connectivity index (χ2v) is 5.83. The summed E-state index contributed by atoms with van der Waals surface area (Å²) in [6.07, 6.45) is 3.74. The van der Waals surface area contributed by atoms with Gasteiger partial charge in [0.15, 0.2) is 0 Å². The van der Waals surface area contributed by atoms with Crippen LogP contribution in [0.5, 0.6) is 5.75 Å². The van der Waals surface area contributed by atoms with Gasteiger partial charge in [0.2, 0.25) is 0 Å². The molecule has 0 aliphatic heterocycles. The van der Waals surface area contributed by atoms with Crippen LogP contribution < -0.4 is 10.1 Å². The quantitative estimate of drug-likeness (QED) is 0.649. The average molecular weight is 281 g/mol. The van der Waals surface area contributed by atoms with E-state index in [2.05, 4.69) is 37.4 Å². The molecule has 0 atom stereocenters. The molecule has 2 nitrogen and oxygen atoms in total. The third kappa shape index (κ3) is 6.35. The lowest BCUT2D eigenvalue weighted by Gasteiger charge is -2.11. The van der Waals surface area contributed by atoms with Crippen LogP contribution in [-0.4, -0.2) is 19.4 Å². The summed E-state index contributed by atoms with van der Waals surface area (Å²) in [6.45, 7) is 6.45. The summed E-state index contributed by atoms with van der Waals surface area (Å²) in [5, 5.41) is 3.44. The molecular formula is C16H27NOS. The van der Waals surface area contributed by atoms with Crippen molar-refractivity contribution in [3.8, 4) is 5.75 Å². The lowest BCUT2D eigenvalue weighted by atomic mass is 10.1. The van der Waals surface area contributed by atoms with Crippen molar-refractivity contribution in [1.29, 1.82) is 0 Å². The summed E-state index contributed by atoms with van der Waals surface area (Å²) in [6, 6.07) is 6.53. The number of unbranched alkanes of at least 4 members (excludes halogenated alkanes) is 1. The zero-order chi connectivity index (χ0) is 13.9. The zero-order valence-corrected chi connectivity index (χ0v) is 13.3. The van der Waals surface area contributed by atoms with Gasteiger partial charge in [-0.05, 0) is 42.8 Å². The van der Waals surface area contributed by atoms with Crippen LogP contribution in [0.1, 0.15) is 44.2 Å². The minimum atomic E-state index is 0.949. The average Bonchev–Trinajstić information content (AvgIpc) is 2.44. The predicted octanol–water partition coefficient (Wildman–Crippen LogP) is 4.23. The van der Waals surface area contributed by atoms with Crippen LogP contribution in [0.2, 0.25) is 0 Å². The van der Waals surface area contributed by atoms with Gasteiger partial charge in [-0.3, -0.25) is 0 Å². The molecule has 0 aliphatic rings. The van der Waals surface area contributed by atoms with Gasteiger partial charge in [0.25, 0.3) is 0 Å². The van der Waals surface area contributed by atoms with Crippen LogP contribution in [0.25, 0.3) is 0 Å². The van der Waals surface area contributed by atoms with Gasteiger partial charge < -0.3 is 10.1 Å². The number of nitrogens with one attached hydrogen (secondary N) is 1. The lowest BCUT2D eigenvalue weighted by Crippen LogP contribution is -2.13. The van der Waals surface area contributed by atoms with Gasteiger partial charge in [-0.25, -0.2) is 0 Å². The Labute approximate surface area is 122 Å². The molecule has 1 aromatic carbocycles. The van der Waals surface area contributed by atoms with E-state index in [1.807, 2.05) is 11.8 Å². The summed E-state index contributed by atoms with van der Waals surface area (Å²) in [5.74, 6) is 3.30. The van der Waals surface area contributed by atoms with Crippen molar-refractivity contribution in [3.05, 3.63) is 29.3 Å². The number of benzene rings is 1. The number of thioether (sulfide) groups is 1. The van der Waals surface area contributed by atoms with Crippen molar-refractivity contribution >= 4 is 11.8 Å². The Kier molecular flexibility index (Phi) is 8.76. The molecule has 0 saturated carbocycles. The fourth-order valence-corrected chi connectivity index (χ4v) is 2.98. The number of hydrogen-bond acceptors (Lipinski definition) is 3. The molecule has 1 N–H and O–H groups in total. The predicted molar refractivity (Wildman–Crippen MR) is 86.1 cm³/mol. The van der Waals surface area contributed by atoms with Crippen molar-refractivity contribution in [3.63, 3.8) is 0 Å². The SMILES string of the molecule is CCCCSCc1cc(CNCCC)ccc1OC. The van der Waals surface area contributed by atoms with Crippen molar-refractivity contribution in [2.75, 3.05) is 19.4 Å². The number of ether oxygens (including phenoxy) is 1. The maximum atomic E-state index is 5.45. The fraction of sp³-hybridized carbons (Fsp3) is 0.625. The highest BCUT2D eigenvalue weighted by atomic mass is 32.2. The van der Waals surface area contributed by atoms with Gasteiger partial charge in [-0.15, -0.1) is 0 Å². The molecule has 19 heavy (non-hydrogen) atoms. The van der Waals surface area contributed by atoms with Crippen LogP contribution in [0.15, 0.2) is 18.2 Å². The Morgan fingerprint density at radius 3 is 2.74 bits per heavy atom. The molecule has 0 saturated heterocycles. The first-order chi connectivity index (χ1) is 9.31. The molecule has 108 valence electrons. The fourth-order valence-electron chi connectivity index (χ4n) is 1.89. The highest BCUT2D eigenvalue weighted by Gasteiger charge is 2.04. The van der Waals surface area contributed by atoms with E-state index in [0.717, 1.165) is 24.6 Å². The van der Waals surface area contributed by atoms with E-state index in [9.17, 15) is 0 Å². The first-order valence-corrected chi connectivity index (χ1v) is 8.41. The minimum Gasteiger partial charge on any atom is -0.496 e. The molecule has 0 heterocycles. The van der Waals surface area contributed by atoms with Gasteiger partial charge in [0.05, 0.1) is 7.11 Å². The van der Waals surface area contributed by atoms with Gasteiger partial charge in [-0.1, -0.05) is 26.3 Å². The van der Waals surface area contributed by atoms with E-state index in [4.69, 9.17) is 4.74 Å². The van der Waals surface area contributed by atoms with Gasteiger partial charge in [0, 0.05) is 17.9 Å². The third-order valence-corrected chi connectivity index (χ3v) is 4.09. The first-order valence-electron chi connectivity index (χ1n) is 7.26.